The lowest BCUT2D eigenvalue weighted by Gasteiger charge is -2.25. The van der Waals surface area contributed by atoms with E-state index in [4.69, 9.17) is 22.3 Å². The van der Waals surface area contributed by atoms with Crippen molar-refractivity contribution in [2.45, 2.75) is 63.7 Å². The highest BCUT2D eigenvalue weighted by Crippen LogP contribution is 2.07. The molecule has 0 aliphatic heterocycles. The quantitative estimate of drug-likeness (QED) is 0.113. The van der Waals surface area contributed by atoms with Crippen LogP contribution >= 0.6 is 12.6 Å². The number of carbonyl (C=O) groups is 6. The van der Waals surface area contributed by atoms with Crippen molar-refractivity contribution >= 4 is 48.1 Å². The molecular formula is C18H32N6O7S. The summed E-state index contributed by atoms with van der Waals surface area (Å²) in [5.74, 6) is -5.51. The Labute approximate surface area is 191 Å². The average Bonchev–Trinajstić information content (AvgIpc) is 2.67. The van der Waals surface area contributed by atoms with Crippen molar-refractivity contribution in [1.82, 2.24) is 16.0 Å². The van der Waals surface area contributed by atoms with Gasteiger partial charge in [0.25, 0.3) is 0 Å². The van der Waals surface area contributed by atoms with E-state index in [2.05, 4.69) is 28.6 Å². The van der Waals surface area contributed by atoms with Gasteiger partial charge in [0.15, 0.2) is 0 Å². The van der Waals surface area contributed by atoms with Crippen LogP contribution in [0.3, 0.4) is 0 Å². The molecule has 13 nitrogen and oxygen atoms in total. The zero-order chi connectivity index (χ0) is 25.0. The molecule has 182 valence electrons. The van der Waals surface area contributed by atoms with E-state index >= 15 is 0 Å². The molecule has 0 rings (SSSR count). The van der Waals surface area contributed by atoms with Crippen molar-refractivity contribution in [3.63, 3.8) is 0 Å². The van der Waals surface area contributed by atoms with Gasteiger partial charge in [0.1, 0.15) is 18.1 Å². The maximum Gasteiger partial charge on any atom is 0.326 e. The summed E-state index contributed by atoms with van der Waals surface area (Å²) in [5, 5.41) is 16.2. The molecule has 4 atom stereocenters. The monoisotopic (exact) mass is 476 g/mol. The molecule has 4 unspecified atom stereocenters. The van der Waals surface area contributed by atoms with Crippen LogP contribution in [0.4, 0.5) is 0 Å². The van der Waals surface area contributed by atoms with Gasteiger partial charge in [-0.25, -0.2) is 4.79 Å². The lowest BCUT2D eigenvalue weighted by Crippen LogP contribution is -2.58. The largest absolute Gasteiger partial charge is 0.480 e. The first kappa shape index (κ1) is 29.1. The number of carboxylic acid groups (broad SMARTS) is 1. The molecule has 32 heavy (non-hydrogen) atoms. The summed E-state index contributed by atoms with van der Waals surface area (Å²) < 4.78 is 0. The van der Waals surface area contributed by atoms with Crippen LogP contribution in [0.25, 0.3) is 0 Å². The molecule has 0 aromatic carbocycles. The molecule has 0 fully saturated rings. The van der Waals surface area contributed by atoms with Gasteiger partial charge < -0.3 is 38.3 Å². The Bertz CT molecular complexity index is 718. The summed E-state index contributed by atoms with van der Waals surface area (Å²) in [6.07, 6.45) is -0.607. The Morgan fingerprint density at radius 2 is 1.34 bits per heavy atom. The van der Waals surface area contributed by atoms with Crippen LogP contribution in [-0.2, 0) is 28.8 Å². The van der Waals surface area contributed by atoms with E-state index in [-0.39, 0.29) is 30.9 Å². The van der Waals surface area contributed by atoms with Gasteiger partial charge in [0.05, 0.1) is 12.5 Å². The van der Waals surface area contributed by atoms with E-state index in [1.807, 2.05) is 0 Å². The summed E-state index contributed by atoms with van der Waals surface area (Å²) >= 11 is 4.03. The summed E-state index contributed by atoms with van der Waals surface area (Å²) in [7, 11) is 0. The van der Waals surface area contributed by atoms with Gasteiger partial charge >= 0.3 is 5.97 Å². The summed E-state index contributed by atoms with van der Waals surface area (Å²) in [4.78, 5) is 70.5. The maximum atomic E-state index is 12.6. The molecule has 10 N–H and O–H groups in total. The fraction of sp³-hybridized carbons (Fsp3) is 0.667. The summed E-state index contributed by atoms with van der Waals surface area (Å²) in [5.41, 5.74) is 15.7. The molecule has 5 amide bonds. The van der Waals surface area contributed by atoms with E-state index in [9.17, 15) is 28.8 Å². The zero-order valence-corrected chi connectivity index (χ0v) is 18.9. The second kappa shape index (κ2) is 14.2. The van der Waals surface area contributed by atoms with Crippen molar-refractivity contribution < 1.29 is 33.9 Å². The minimum absolute atomic E-state index is 0.0170. The number of nitrogens with two attached hydrogens (primary N) is 3. The van der Waals surface area contributed by atoms with Gasteiger partial charge in [-0.05, 0) is 18.8 Å². The molecular weight excluding hydrogens is 444 g/mol. The number of amides is 5. The first-order valence-electron chi connectivity index (χ1n) is 9.85. The number of nitrogens with one attached hydrogen (secondary N) is 3. The molecule has 0 radical (unpaired) electrons. The van der Waals surface area contributed by atoms with Crippen LogP contribution in [0, 0.1) is 5.92 Å². The smallest absolute Gasteiger partial charge is 0.326 e. The van der Waals surface area contributed by atoms with E-state index in [0.717, 1.165) is 0 Å². The highest BCUT2D eigenvalue weighted by molar-refractivity contribution is 7.80. The van der Waals surface area contributed by atoms with E-state index in [1.54, 1.807) is 13.8 Å². The van der Waals surface area contributed by atoms with Crippen molar-refractivity contribution in [2.75, 3.05) is 5.75 Å². The highest BCUT2D eigenvalue weighted by Gasteiger charge is 2.30. The molecule has 0 aromatic heterocycles. The van der Waals surface area contributed by atoms with Crippen molar-refractivity contribution in [3.8, 4) is 0 Å². The third-order valence-corrected chi connectivity index (χ3v) is 4.58. The molecule has 0 aliphatic carbocycles. The molecule has 0 heterocycles. The number of carbonyl (C=O) groups excluding carboxylic acids is 5. The van der Waals surface area contributed by atoms with E-state index in [1.165, 1.54) is 0 Å². The molecule has 0 aromatic rings. The van der Waals surface area contributed by atoms with Crippen LogP contribution in [0.1, 0.15) is 39.5 Å². The van der Waals surface area contributed by atoms with E-state index < -0.39 is 66.1 Å². The lowest BCUT2D eigenvalue weighted by molar-refractivity contribution is -0.143. The molecule has 0 saturated carbocycles. The van der Waals surface area contributed by atoms with Gasteiger partial charge in [-0.3, -0.25) is 24.0 Å². The molecule has 0 spiro atoms. The summed E-state index contributed by atoms with van der Waals surface area (Å²) in [6.45, 7) is 3.56. The lowest BCUT2D eigenvalue weighted by atomic mass is 10.0. The standard InChI is InChI=1S/C18H32N6O7S/c1-8(2)5-10(16(28)23-11(18(30)31)6-14(21)26)22-17(29)12(7-32)24-15(27)9(19)3-4-13(20)25/h8-12,32H,3-7,19H2,1-2H3,(H2,20,25)(H2,21,26)(H,22,29)(H,23,28)(H,24,27)(H,30,31). The van der Waals surface area contributed by atoms with Crippen molar-refractivity contribution in [3.05, 3.63) is 0 Å². The fourth-order valence-corrected chi connectivity index (χ4v) is 2.81. The number of carboxylic acids is 1. The normalized spacial score (nSPS) is 14.5. The Kier molecular flexibility index (Phi) is 13.0. The van der Waals surface area contributed by atoms with Gasteiger partial charge in [0.2, 0.25) is 29.5 Å². The SMILES string of the molecule is CC(C)CC(NC(=O)C(CS)NC(=O)C(N)CCC(N)=O)C(=O)NC(CC(N)=O)C(=O)O. The van der Waals surface area contributed by atoms with Crippen LogP contribution in [0.5, 0.6) is 0 Å². The van der Waals surface area contributed by atoms with Crippen LogP contribution < -0.4 is 33.2 Å². The summed E-state index contributed by atoms with van der Waals surface area (Å²) in [6, 6.07) is -4.96. The highest BCUT2D eigenvalue weighted by atomic mass is 32.1. The van der Waals surface area contributed by atoms with E-state index in [0.29, 0.717) is 0 Å². The first-order chi connectivity index (χ1) is 14.8. The van der Waals surface area contributed by atoms with Crippen molar-refractivity contribution in [2.24, 2.45) is 23.1 Å². The second-order valence-corrected chi connectivity index (χ2v) is 7.98. The Hall–Kier alpha value is -2.87. The number of rotatable bonds is 15. The van der Waals surface area contributed by atoms with Crippen LogP contribution in [0.15, 0.2) is 0 Å². The zero-order valence-electron chi connectivity index (χ0n) is 18.0. The topological polar surface area (TPSA) is 237 Å². The molecule has 14 heteroatoms. The predicted molar refractivity (Wildman–Crippen MR) is 117 cm³/mol. The number of thiol groups is 1. The minimum Gasteiger partial charge on any atom is -0.480 e. The van der Waals surface area contributed by atoms with Crippen LogP contribution in [0.2, 0.25) is 0 Å². The number of primary amides is 2. The third-order valence-electron chi connectivity index (χ3n) is 4.21. The Morgan fingerprint density at radius 1 is 0.844 bits per heavy atom. The third kappa shape index (κ3) is 11.5. The number of hydrogen-bond acceptors (Lipinski definition) is 8. The first-order valence-corrected chi connectivity index (χ1v) is 10.5. The molecule has 0 saturated heterocycles. The Morgan fingerprint density at radius 3 is 1.78 bits per heavy atom. The van der Waals surface area contributed by atoms with Crippen LogP contribution in [-0.4, -0.2) is 70.5 Å². The number of aliphatic carboxylic acids is 1. The van der Waals surface area contributed by atoms with Gasteiger partial charge in [-0.2, -0.15) is 12.6 Å². The Balaban J connectivity index is 5.25. The van der Waals surface area contributed by atoms with Gasteiger partial charge in [-0.15, -0.1) is 0 Å². The number of hydrogen-bond donors (Lipinski definition) is 8. The fourth-order valence-electron chi connectivity index (χ4n) is 2.55. The molecule has 0 bridgehead atoms. The second-order valence-electron chi connectivity index (χ2n) is 7.62. The van der Waals surface area contributed by atoms with Crippen molar-refractivity contribution in [1.29, 1.82) is 0 Å². The van der Waals surface area contributed by atoms with Gasteiger partial charge in [0, 0.05) is 12.2 Å². The predicted octanol–water partition coefficient (Wildman–Crippen LogP) is -3.03. The maximum absolute atomic E-state index is 12.6. The minimum atomic E-state index is -1.56. The molecule has 0 aliphatic rings. The average molecular weight is 477 g/mol. The van der Waals surface area contributed by atoms with Gasteiger partial charge in [-0.1, -0.05) is 13.8 Å².